The van der Waals surface area contributed by atoms with Gasteiger partial charge in [0.15, 0.2) is 5.15 Å². The smallest absolute Gasteiger partial charge is 0.150 e. The van der Waals surface area contributed by atoms with Crippen LogP contribution in [0.25, 0.3) is 0 Å². The lowest BCUT2D eigenvalue weighted by Gasteiger charge is -2.23. The molecule has 1 fully saturated rings. The fourth-order valence-electron chi connectivity index (χ4n) is 2.71. The molecular formula is C11H16ClN3O. The maximum Gasteiger partial charge on any atom is 0.150 e. The quantitative estimate of drug-likeness (QED) is 0.769. The van der Waals surface area contributed by atoms with Gasteiger partial charge in [0.1, 0.15) is 5.82 Å². The Bertz CT molecular complexity index is 398. The number of aliphatic hydroxyl groups is 1. The molecule has 2 unspecified atom stereocenters. The number of fused-ring (bicyclic) bond motifs is 1. The average molecular weight is 242 g/mol. The first-order valence-corrected chi connectivity index (χ1v) is 6.27. The molecule has 0 spiro atoms. The number of aromatic nitrogens is 2. The van der Waals surface area contributed by atoms with E-state index in [4.69, 9.17) is 11.6 Å². The molecule has 3 heterocycles. The molecule has 0 saturated carbocycles. The summed E-state index contributed by atoms with van der Waals surface area (Å²) in [6.07, 6.45) is 2.51. The summed E-state index contributed by atoms with van der Waals surface area (Å²) in [5.41, 5.74) is 1.11. The van der Waals surface area contributed by atoms with E-state index in [1.54, 1.807) is 0 Å². The molecule has 5 heteroatoms. The molecule has 2 aliphatic heterocycles. The van der Waals surface area contributed by atoms with Gasteiger partial charge in [0, 0.05) is 12.5 Å². The number of halogens is 1. The van der Waals surface area contributed by atoms with Crippen molar-refractivity contribution in [2.75, 3.05) is 13.1 Å². The van der Waals surface area contributed by atoms with Gasteiger partial charge in [0.05, 0.1) is 18.3 Å². The molecular weight excluding hydrogens is 226 g/mol. The van der Waals surface area contributed by atoms with Crippen molar-refractivity contribution in [3.05, 3.63) is 16.7 Å². The molecule has 1 aromatic heterocycles. The number of nitrogens with zero attached hydrogens (tertiary/aromatic N) is 2. The second-order valence-electron chi connectivity index (χ2n) is 4.70. The Labute approximate surface area is 99.6 Å². The fraction of sp³-hybridized carbons (Fsp3) is 0.727. The van der Waals surface area contributed by atoms with Crippen LogP contribution in [0.2, 0.25) is 5.15 Å². The van der Waals surface area contributed by atoms with E-state index in [2.05, 4.69) is 14.9 Å². The predicted molar refractivity (Wildman–Crippen MR) is 61.8 cm³/mol. The molecule has 0 aromatic carbocycles. The molecule has 0 aliphatic carbocycles. The van der Waals surface area contributed by atoms with Crippen LogP contribution in [0.4, 0.5) is 0 Å². The molecule has 3 rings (SSSR count). The summed E-state index contributed by atoms with van der Waals surface area (Å²) in [4.78, 5) is 4.49. The second-order valence-corrected chi connectivity index (χ2v) is 5.06. The minimum absolute atomic E-state index is 0.245. The Morgan fingerprint density at radius 3 is 3.06 bits per heavy atom. The highest BCUT2D eigenvalue weighted by atomic mass is 35.5. The Balaban J connectivity index is 1.98. The van der Waals surface area contributed by atoms with Gasteiger partial charge in [-0.2, -0.15) is 0 Å². The standard InChI is InChI=1S/C11H16ClN3O/c12-10-9-2-1-8(16)6-15(9)11(14-10)7-3-4-13-5-7/h7-8,13,16H,1-6H2. The van der Waals surface area contributed by atoms with Gasteiger partial charge in [-0.15, -0.1) is 0 Å². The number of hydrogen-bond acceptors (Lipinski definition) is 3. The fourth-order valence-corrected chi connectivity index (χ4v) is 2.99. The van der Waals surface area contributed by atoms with E-state index in [9.17, 15) is 5.11 Å². The van der Waals surface area contributed by atoms with Crippen molar-refractivity contribution in [3.63, 3.8) is 0 Å². The number of imidazole rings is 1. The second kappa shape index (κ2) is 4.02. The molecule has 2 atom stereocenters. The third kappa shape index (κ3) is 1.65. The van der Waals surface area contributed by atoms with Gasteiger partial charge in [-0.3, -0.25) is 0 Å². The van der Waals surface area contributed by atoms with E-state index in [-0.39, 0.29) is 6.10 Å². The van der Waals surface area contributed by atoms with E-state index in [1.807, 2.05) is 0 Å². The number of aliphatic hydroxyl groups excluding tert-OH is 1. The van der Waals surface area contributed by atoms with Crippen LogP contribution in [0.1, 0.15) is 30.3 Å². The van der Waals surface area contributed by atoms with Crippen molar-refractivity contribution in [2.24, 2.45) is 0 Å². The zero-order valence-corrected chi connectivity index (χ0v) is 9.87. The third-order valence-corrected chi connectivity index (χ3v) is 3.89. The normalized spacial score (nSPS) is 29.4. The van der Waals surface area contributed by atoms with E-state index in [1.165, 1.54) is 0 Å². The largest absolute Gasteiger partial charge is 0.391 e. The summed E-state index contributed by atoms with van der Waals surface area (Å²) in [5, 5.41) is 13.7. The highest BCUT2D eigenvalue weighted by Crippen LogP contribution is 2.30. The van der Waals surface area contributed by atoms with Gasteiger partial charge in [-0.25, -0.2) is 4.98 Å². The Morgan fingerprint density at radius 2 is 2.31 bits per heavy atom. The van der Waals surface area contributed by atoms with Crippen molar-refractivity contribution in [1.82, 2.24) is 14.9 Å². The van der Waals surface area contributed by atoms with Gasteiger partial charge in [0.2, 0.25) is 0 Å². The summed E-state index contributed by atoms with van der Waals surface area (Å²) in [6, 6.07) is 0. The molecule has 1 saturated heterocycles. The average Bonchev–Trinajstić information content (AvgIpc) is 2.86. The van der Waals surface area contributed by atoms with Gasteiger partial charge >= 0.3 is 0 Å². The van der Waals surface area contributed by atoms with Crippen LogP contribution in [0.15, 0.2) is 0 Å². The minimum Gasteiger partial charge on any atom is -0.391 e. The van der Waals surface area contributed by atoms with Crippen molar-refractivity contribution >= 4 is 11.6 Å². The van der Waals surface area contributed by atoms with Crippen LogP contribution in [-0.2, 0) is 13.0 Å². The SMILES string of the molecule is OC1CCc2c(Cl)nc(C3CCNC3)n2C1. The first-order chi connectivity index (χ1) is 7.75. The first kappa shape index (κ1) is 10.6. The molecule has 0 bridgehead atoms. The van der Waals surface area contributed by atoms with Crippen LogP contribution in [-0.4, -0.2) is 33.9 Å². The van der Waals surface area contributed by atoms with Crippen molar-refractivity contribution in [1.29, 1.82) is 0 Å². The van der Waals surface area contributed by atoms with E-state index >= 15 is 0 Å². The summed E-state index contributed by atoms with van der Waals surface area (Å²) in [7, 11) is 0. The van der Waals surface area contributed by atoms with Crippen molar-refractivity contribution < 1.29 is 5.11 Å². The summed E-state index contributed by atoms with van der Waals surface area (Å²) < 4.78 is 2.13. The monoisotopic (exact) mass is 241 g/mol. The lowest BCUT2D eigenvalue weighted by atomic mass is 10.1. The van der Waals surface area contributed by atoms with Gasteiger partial charge in [-0.1, -0.05) is 11.6 Å². The molecule has 0 amide bonds. The van der Waals surface area contributed by atoms with Crippen molar-refractivity contribution in [3.8, 4) is 0 Å². The number of nitrogens with one attached hydrogen (secondary N) is 1. The molecule has 16 heavy (non-hydrogen) atoms. The van der Waals surface area contributed by atoms with Crippen LogP contribution in [0.3, 0.4) is 0 Å². The lowest BCUT2D eigenvalue weighted by molar-refractivity contribution is 0.129. The minimum atomic E-state index is -0.245. The summed E-state index contributed by atoms with van der Waals surface area (Å²) >= 11 is 6.16. The highest BCUT2D eigenvalue weighted by Gasteiger charge is 2.28. The molecule has 4 nitrogen and oxygen atoms in total. The maximum absolute atomic E-state index is 9.73. The lowest BCUT2D eigenvalue weighted by Crippen LogP contribution is -2.26. The van der Waals surface area contributed by atoms with Crippen molar-refractivity contribution in [2.45, 2.75) is 37.8 Å². The topological polar surface area (TPSA) is 50.1 Å². The van der Waals surface area contributed by atoms with E-state index in [0.717, 1.165) is 43.9 Å². The van der Waals surface area contributed by atoms with Crippen LogP contribution < -0.4 is 5.32 Å². The van der Waals surface area contributed by atoms with Crippen LogP contribution >= 0.6 is 11.6 Å². The Kier molecular flexibility index (Phi) is 2.65. The van der Waals surface area contributed by atoms with Gasteiger partial charge < -0.3 is 15.0 Å². The van der Waals surface area contributed by atoms with Gasteiger partial charge in [-0.05, 0) is 25.8 Å². The highest BCUT2D eigenvalue weighted by molar-refractivity contribution is 6.30. The summed E-state index contributed by atoms with van der Waals surface area (Å²) in [5.74, 6) is 1.51. The maximum atomic E-state index is 9.73. The number of hydrogen-bond donors (Lipinski definition) is 2. The van der Waals surface area contributed by atoms with Crippen LogP contribution in [0, 0.1) is 0 Å². The zero-order chi connectivity index (χ0) is 11.1. The predicted octanol–water partition coefficient (Wildman–Crippen LogP) is 0.921. The molecule has 2 aliphatic rings. The summed E-state index contributed by atoms with van der Waals surface area (Å²) in [6.45, 7) is 2.68. The first-order valence-electron chi connectivity index (χ1n) is 5.89. The third-order valence-electron chi connectivity index (χ3n) is 3.59. The van der Waals surface area contributed by atoms with Crippen LogP contribution in [0.5, 0.6) is 0 Å². The van der Waals surface area contributed by atoms with E-state index in [0.29, 0.717) is 17.6 Å². The Morgan fingerprint density at radius 1 is 1.44 bits per heavy atom. The number of rotatable bonds is 1. The molecule has 1 aromatic rings. The molecule has 0 radical (unpaired) electrons. The Hall–Kier alpha value is -0.580. The molecule has 2 N–H and O–H groups in total. The van der Waals surface area contributed by atoms with Gasteiger partial charge in [0.25, 0.3) is 0 Å². The molecule has 88 valence electrons. The zero-order valence-electron chi connectivity index (χ0n) is 9.12. The van der Waals surface area contributed by atoms with E-state index < -0.39 is 0 Å².